The third-order valence-corrected chi connectivity index (χ3v) is 6.16. The molecule has 2 aliphatic heterocycles. The predicted octanol–water partition coefficient (Wildman–Crippen LogP) is 3.95. The Balaban J connectivity index is 1.44. The molecule has 164 valence electrons. The Morgan fingerprint density at radius 2 is 1.72 bits per heavy atom. The maximum atomic E-state index is 12.7. The number of esters is 1. The molecular formula is C24H22N2O5S. The summed E-state index contributed by atoms with van der Waals surface area (Å²) in [6, 6.07) is 15.3. The van der Waals surface area contributed by atoms with Crippen molar-refractivity contribution in [1.82, 2.24) is 9.80 Å². The number of likely N-dealkylation sites (tertiary alicyclic amines) is 1. The summed E-state index contributed by atoms with van der Waals surface area (Å²) in [6.07, 6.45) is 4.54. The summed E-state index contributed by atoms with van der Waals surface area (Å²) in [7, 11) is 0. The topological polar surface area (TPSA) is 84.0 Å². The predicted molar refractivity (Wildman–Crippen MR) is 121 cm³/mol. The summed E-state index contributed by atoms with van der Waals surface area (Å²) in [4.78, 5) is 52.8. The van der Waals surface area contributed by atoms with E-state index in [4.69, 9.17) is 4.74 Å². The van der Waals surface area contributed by atoms with Gasteiger partial charge in [0.15, 0.2) is 0 Å². The fourth-order valence-electron chi connectivity index (χ4n) is 3.57. The van der Waals surface area contributed by atoms with Crippen molar-refractivity contribution >= 4 is 40.9 Å². The number of hydrogen-bond acceptors (Lipinski definition) is 6. The van der Waals surface area contributed by atoms with E-state index >= 15 is 0 Å². The highest BCUT2D eigenvalue weighted by atomic mass is 32.2. The maximum Gasteiger partial charge on any atom is 0.343 e. The van der Waals surface area contributed by atoms with Gasteiger partial charge in [0.25, 0.3) is 11.1 Å². The molecule has 0 spiro atoms. The summed E-state index contributed by atoms with van der Waals surface area (Å²) in [5.74, 6) is -0.855. The zero-order valence-electron chi connectivity index (χ0n) is 17.4. The van der Waals surface area contributed by atoms with Gasteiger partial charge in [-0.25, -0.2) is 4.79 Å². The number of thioether (sulfide) groups is 1. The molecule has 7 nitrogen and oxygen atoms in total. The van der Waals surface area contributed by atoms with Gasteiger partial charge in [-0.2, -0.15) is 0 Å². The molecule has 2 aliphatic rings. The second-order valence-electron chi connectivity index (χ2n) is 7.54. The van der Waals surface area contributed by atoms with E-state index in [1.807, 2.05) is 6.07 Å². The smallest absolute Gasteiger partial charge is 0.343 e. The van der Waals surface area contributed by atoms with Crippen LogP contribution in [0.5, 0.6) is 5.75 Å². The van der Waals surface area contributed by atoms with Gasteiger partial charge in [0.1, 0.15) is 12.3 Å². The number of piperidine rings is 1. The minimum absolute atomic E-state index is 0.205. The molecule has 8 heteroatoms. The molecule has 2 aromatic rings. The second-order valence-corrected chi connectivity index (χ2v) is 8.53. The summed E-state index contributed by atoms with van der Waals surface area (Å²) in [5.41, 5.74) is 1.04. The quantitative estimate of drug-likeness (QED) is 0.390. The van der Waals surface area contributed by atoms with Crippen LogP contribution in [0.25, 0.3) is 6.08 Å². The van der Waals surface area contributed by atoms with Crippen LogP contribution in [0.3, 0.4) is 0 Å². The van der Waals surface area contributed by atoms with Gasteiger partial charge >= 0.3 is 5.97 Å². The van der Waals surface area contributed by atoms with Gasteiger partial charge in [-0.3, -0.25) is 19.3 Å². The lowest BCUT2D eigenvalue weighted by Crippen LogP contribution is -2.44. The minimum Gasteiger partial charge on any atom is -0.423 e. The Morgan fingerprint density at radius 1 is 0.969 bits per heavy atom. The van der Waals surface area contributed by atoms with Gasteiger partial charge in [0.05, 0.1) is 10.5 Å². The first kappa shape index (κ1) is 21.8. The second kappa shape index (κ2) is 9.82. The Hall–Kier alpha value is -3.39. The molecule has 0 aliphatic carbocycles. The molecule has 0 bridgehead atoms. The monoisotopic (exact) mass is 450 g/mol. The molecule has 2 heterocycles. The van der Waals surface area contributed by atoms with E-state index in [1.54, 1.807) is 59.5 Å². The summed E-state index contributed by atoms with van der Waals surface area (Å²) in [5, 5.41) is -0.460. The molecule has 4 rings (SSSR count). The number of carbonyl (C=O) groups is 4. The van der Waals surface area contributed by atoms with Crippen LogP contribution in [0.15, 0.2) is 59.5 Å². The lowest BCUT2D eigenvalue weighted by molar-refractivity contribution is -0.136. The number of amides is 3. The van der Waals surface area contributed by atoms with Crippen LogP contribution in [0.4, 0.5) is 4.79 Å². The average molecular weight is 451 g/mol. The molecule has 2 fully saturated rings. The Labute approximate surface area is 190 Å². The third-order valence-electron chi connectivity index (χ3n) is 5.25. The normalized spacial score (nSPS) is 17.7. The van der Waals surface area contributed by atoms with E-state index < -0.39 is 17.1 Å². The third kappa shape index (κ3) is 5.08. The maximum absolute atomic E-state index is 12.7. The van der Waals surface area contributed by atoms with Crippen LogP contribution in [-0.4, -0.2) is 52.5 Å². The van der Waals surface area contributed by atoms with E-state index in [2.05, 4.69) is 0 Å². The van der Waals surface area contributed by atoms with Gasteiger partial charge in [-0.05, 0) is 66.9 Å². The zero-order chi connectivity index (χ0) is 22.5. The molecule has 0 radical (unpaired) electrons. The SMILES string of the molecule is O=C(Oc1cccc(/C=C2\SC(=O)N(CC(=O)N3CCCCC3)C2=O)c1)c1ccccc1. The van der Waals surface area contributed by atoms with E-state index in [0.29, 0.717) is 30.0 Å². The average Bonchev–Trinajstić information content (AvgIpc) is 3.07. The zero-order valence-corrected chi connectivity index (χ0v) is 18.2. The van der Waals surface area contributed by atoms with Crippen molar-refractivity contribution in [3.63, 3.8) is 0 Å². The van der Waals surface area contributed by atoms with Crippen molar-refractivity contribution in [2.45, 2.75) is 19.3 Å². The lowest BCUT2D eigenvalue weighted by Gasteiger charge is -2.27. The largest absolute Gasteiger partial charge is 0.423 e. The number of carbonyl (C=O) groups excluding carboxylic acids is 4. The summed E-state index contributed by atoms with van der Waals surface area (Å²) >= 11 is 0.802. The molecule has 3 amide bonds. The highest BCUT2D eigenvalue weighted by molar-refractivity contribution is 8.18. The number of rotatable bonds is 5. The van der Waals surface area contributed by atoms with Gasteiger partial charge in [-0.15, -0.1) is 0 Å². The van der Waals surface area contributed by atoms with Crippen molar-refractivity contribution in [2.24, 2.45) is 0 Å². The molecular weight excluding hydrogens is 428 g/mol. The van der Waals surface area contributed by atoms with Crippen molar-refractivity contribution in [3.8, 4) is 5.75 Å². The molecule has 0 unspecified atom stereocenters. The molecule has 2 aromatic carbocycles. The Morgan fingerprint density at radius 3 is 2.47 bits per heavy atom. The fourth-order valence-corrected chi connectivity index (χ4v) is 4.41. The van der Waals surface area contributed by atoms with Gasteiger partial charge in [-0.1, -0.05) is 30.3 Å². The van der Waals surface area contributed by atoms with Crippen LogP contribution in [-0.2, 0) is 9.59 Å². The highest BCUT2D eigenvalue weighted by Gasteiger charge is 2.37. The summed E-state index contributed by atoms with van der Waals surface area (Å²) in [6.45, 7) is 1.09. The van der Waals surface area contributed by atoms with E-state index in [-0.39, 0.29) is 17.4 Å². The lowest BCUT2D eigenvalue weighted by atomic mass is 10.1. The molecule has 2 saturated heterocycles. The fraction of sp³-hybridized carbons (Fsp3) is 0.250. The molecule has 32 heavy (non-hydrogen) atoms. The van der Waals surface area contributed by atoms with Crippen molar-refractivity contribution in [3.05, 3.63) is 70.6 Å². The van der Waals surface area contributed by atoms with Crippen molar-refractivity contribution in [2.75, 3.05) is 19.6 Å². The number of nitrogens with zero attached hydrogens (tertiary/aromatic N) is 2. The number of benzene rings is 2. The van der Waals surface area contributed by atoms with E-state index in [0.717, 1.165) is 35.9 Å². The van der Waals surface area contributed by atoms with Crippen LogP contribution >= 0.6 is 11.8 Å². The molecule has 0 atom stereocenters. The van der Waals surface area contributed by atoms with Crippen LogP contribution in [0.2, 0.25) is 0 Å². The van der Waals surface area contributed by atoms with Gasteiger partial charge < -0.3 is 9.64 Å². The molecule has 0 saturated carbocycles. The standard InChI is InChI=1S/C24H22N2O5S/c27-21(25-12-5-2-6-13-25)16-26-22(28)20(32-24(26)30)15-17-8-7-11-19(14-17)31-23(29)18-9-3-1-4-10-18/h1,3-4,7-11,14-15H,2,5-6,12-13,16H2/b20-15-. The first-order valence-corrected chi connectivity index (χ1v) is 11.2. The number of ether oxygens (including phenoxy) is 1. The van der Waals surface area contributed by atoms with Crippen LogP contribution in [0.1, 0.15) is 35.2 Å². The number of hydrogen-bond donors (Lipinski definition) is 0. The van der Waals surface area contributed by atoms with E-state index in [1.165, 1.54) is 0 Å². The first-order valence-electron chi connectivity index (χ1n) is 10.4. The highest BCUT2D eigenvalue weighted by Crippen LogP contribution is 2.32. The summed E-state index contributed by atoms with van der Waals surface area (Å²) < 4.78 is 5.41. The minimum atomic E-state index is -0.489. The van der Waals surface area contributed by atoms with Gasteiger partial charge in [0, 0.05) is 13.1 Å². The molecule has 0 N–H and O–H groups in total. The van der Waals surface area contributed by atoms with Crippen molar-refractivity contribution < 1.29 is 23.9 Å². The first-order chi connectivity index (χ1) is 15.5. The number of imide groups is 1. The van der Waals surface area contributed by atoms with Crippen LogP contribution < -0.4 is 4.74 Å². The Kier molecular flexibility index (Phi) is 6.70. The Bertz CT molecular complexity index is 1080. The van der Waals surface area contributed by atoms with Gasteiger partial charge in [0.2, 0.25) is 5.91 Å². The van der Waals surface area contributed by atoms with E-state index in [9.17, 15) is 19.2 Å². The van der Waals surface area contributed by atoms with Crippen molar-refractivity contribution in [1.29, 1.82) is 0 Å². The van der Waals surface area contributed by atoms with Crippen LogP contribution in [0, 0.1) is 0 Å². The molecule has 0 aromatic heterocycles.